The molecule has 0 atom stereocenters. The Morgan fingerprint density at radius 1 is 1.25 bits per heavy atom. The molecule has 1 aromatic heterocycles. The van der Waals surface area contributed by atoms with Gasteiger partial charge in [0.1, 0.15) is 5.75 Å². The molecule has 0 aliphatic carbocycles. The van der Waals surface area contributed by atoms with Gasteiger partial charge in [-0.2, -0.15) is 0 Å². The van der Waals surface area contributed by atoms with E-state index in [1.165, 1.54) is 30.8 Å². The van der Waals surface area contributed by atoms with Gasteiger partial charge >= 0.3 is 0 Å². The Kier molecular flexibility index (Phi) is 6.05. The van der Waals surface area contributed by atoms with E-state index in [4.69, 9.17) is 9.15 Å². The number of hydrogen-bond donors (Lipinski definition) is 0. The topological polar surface area (TPSA) is 108 Å². The lowest BCUT2D eigenvalue weighted by Crippen LogP contribution is -1.99. The van der Waals surface area contributed by atoms with Crippen LogP contribution in [0.2, 0.25) is 0 Å². The third-order valence-electron chi connectivity index (χ3n) is 3.83. The fourth-order valence-corrected chi connectivity index (χ4v) is 3.23. The molecule has 0 spiro atoms. The normalized spacial score (nSPS) is 10.6. The maximum absolute atomic E-state index is 11.6. The number of nitrogens with zero attached hydrogens (tertiary/aromatic N) is 3. The first-order chi connectivity index (χ1) is 13.5. The molecular weight excluding hydrogens is 382 g/mol. The number of ketones is 1. The maximum atomic E-state index is 11.6. The summed E-state index contributed by atoms with van der Waals surface area (Å²) in [5.41, 5.74) is 1.87. The number of rotatable bonds is 8. The Bertz CT molecular complexity index is 1020. The summed E-state index contributed by atoms with van der Waals surface area (Å²) in [5.74, 6) is 1.33. The Balaban J connectivity index is 1.77. The van der Waals surface area contributed by atoms with E-state index in [0.29, 0.717) is 34.5 Å². The van der Waals surface area contributed by atoms with Crippen LogP contribution in [-0.4, -0.2) is 27.5 Å². The predicted molar refractivity (Wildman–Crippen MR) is 104 cm³/mol. The zero-order chi connectivity index (χ0) is 20.1. The number of carbonyl (C=O) groups excluding carboxylic acids is 1. The van der Waals surface area contributed by atoms with Crippen LogP contribution in [0.3, 0.4) is 0 Å². The van der Waals surface area contributed by atoms with E-state index >= 15 is 0 Å². The number of hydrogen-bond acceptors (Lipinski definition) is 8. The van der Waals surface area contributed by atoms with Crippen LogP contribution in [0.4, 0.5) is 5.69 Å². The summed E-state index contributed by atoms with van der Waals surface area (Å²) < 4.78 is 11.2. The second-order valence-corrected chi connectivity index (χ2v) is 6.71. The Morgan fingerprint density at radius 3 is 2.79 bits per heavy atom. The highest BCUT2D eigenvalue weighted by Gasteiger charge is 2.14. The van der Waals surface area contributed by atoms with Crippen molar-refractivity contribution in [3.05, 3.63) is 63.7 Å². The monoisotopic (exact) mass is 399 g/mol. The van der Waals surface area contributed by atoms with Crippen molar-refractivity contribution in [1.29, 1.82) is 0 Å². The number of nitro benzene ring substituents is 1. The number of non-ortho nitro benzene ring substituents is 1. The third kappa shape index (κ3) is 4.55. The van der Waals surface area contributed by atoms with E-state index in [1.807, 2.05) is 6.92 Å². The Hall–Kier alpha value is -3.20. The number of carbonyl (C=O) groups is 1. The Morgan fingerprint density at radius 2 is 2.07 bits per heavy atom. The predicted octanol–water partition coefficient (Wildman–Crippen LogP) is 4.54. The van der Waals surface area contributed by atoms with Crippen LogP contribution in [-0.2, 0) is 5.75 Å². The van der Waals surface area contributed by atoms with Gasteiger partial charge in [-0.1, -0.05) is 17.8 Å². The lowest BCUT2D eigenvalue weighted by Gasteiger charge is -2.10. The van der Waals surface area contributed by atoms with Gasteiger partial charge in [0.25, 0.3) is 10.9 Å². The molecule has 0 fully saturated rings. The molecule has 2 aromatic carbocycles. The number of nitro groups is 1. The molecule has 0 bridgehead atoms. The summed E-state index contributed by atoms with van der Waals surface area (Å²) in [6.07, 6.45) is 0. The molecule has 144 valence electrons. The highest BCUT2D eigenvalue weighted by atomic mass is 32.2. The molecule has 0 saturated heterocycles. The van der Waals surface area contributed by atoms with Crippen molar-refractivity contribution < 1.29 is 18.9 Å². The molecule has 0 radical (unpaired) electrons. The number of benzene rings is 2. The molecule has 9 heteroatoms. The Labute approximate surface area is 165 Å². The molecule has 0 amide bonds. The van der Waals surface area contributed by atoms with Gasteiger partial charge in [0, 0.05) is 34.6 Å². The van der Waals surface area contributed by atoms with Crippen molar-refractivity contribution in [2.24, 2.45) is 0 Å². The van der Waals surface area contributed by atoms with Crippen LogP contribution in [0.1, 0.15) is 29.8 Å². The van der Waals surface area contributed by atoms with Gasteiger partial charge < -0.3 is 9.15 Å². The van der Waals surface area contributed by atoms with Crippen LogP contribution < -0.4 is 4.74 Å². The molecule has 0 unspecified atom stereocenters. The summed E-state index contributed by atoms with van der Waals surface area (Å²) in [4.78, 5) is 22.1. The van der Waals surface area contributed by atoms with Crippen LogP contribution in [0.15, 0.2) is 52.1 Å². The summed E-state index contributed by atoms with van der Waals surface area (Å²) in [6.45, 7) is 3.91. The van der Waals surface area contributed by atoms with E-state index in [1.54, 1.807) is 30.3 Å². The van der Waals surface area contributed by atoms with Crippen molar-refractivity contribution in [3.8, 4) is 17.2 Å². The summed E-state index contributed by atoms with van der Waals surface area (Å²) in [5, 5.41) is 19.2. The van der Waals surface area contributed by atoms with Crippen molar-refractivity contribution in [2.45, 2.75) is 24.8 Å². The average molecular weight is 399 g/mol. The van der Waals surface area contributed by atoms with Gasteiger partial charge in [-0.15, -0.1) is 10.2 Å². The minimum Gasteiger partial charge on any atom is -0.494 e. The molecule has 3 rings (SSSR count). The van der Waals surface area contributed by atoms with E-state index in [-0.39, 0.29) is 17.4 Å². The van der Waals surface area contributed by atoms with Crippen molar-refractivity contribution in [1.82, 2.24) is 10.2 Å². The molecular formula is C19H17N3O5S. The first-order valence-corrected chi connectivity index (χ1v) is 9.44. The van der Waals surface area contributed by atoms with Crippen molar-refractivity contribution in [3.63, 3.8) is 0 Å². The van der Waals surface area contributed by atoms with E-state index < -0.39 is 4.92 Å². The molecule has 28 heavy (non-hydrogen) atoms. The zero-order valence-electron chi connectivity index (χ0n) is 15.2. The lowest BCUT2D eigenvalue weighted by atomic mass is 10.1. The van der Waals surface area contributed by atoms with Gasteiger partial charge in [0.15, 0.2) is 5.78 Å². The minimum absolute atomic E-state index is 0.0277. The third-order valence-corrected chi connectivity index (χ3v) is 4.70. The second kappa shape index (κ2) is 8.66. The first kappa shape index (κ1) is 19.6. The van der Waals surface area contributed by atoms with Gasteiger partial charge in [-0.25, -0.2) is 0 Å². The highest BCUT2D eigenvalue weighted by Crippen LogP contribution is 2.31. The number of ether oxygens (including phenoxy) is 1. The smallest absolute Gasteiger partial charge is 0.277 e. The van der Waals surface area contributed by atoms with Crippen molar-refractivity contribution in [2.75, 3.05) is 6.61 Å². The minimum atomic E-state index is -0.479. The maximum Gasteiger partial charge on any atom is 0.277 e. The highest BCUT2D eigenvalue weighted by molar-refractivity contribution is 7.98. The van der Waals surface area contributed by atoms with E-state index in [0.717, 1.165) is 5.56 Å². The SMILES string of the molecule is CCOc1ccc(C(C)=O)cc1CSc1nnc(-c2cccc([N+](=O)[O-])c2)o1. The average Bonchev–Trinajstić information content (AvgIpc) is 3.16. The molecule has 0 aliphatic heterocycles. The van der Waals surface area contributed by atoms with Gasteiger partial charge in [0.05, 0.1) is 11.5 Å². The standard InChI is InChI=1S/C19H17N3O5S/c1-3-26-17-8-7-13(12(2)23)9-15(17)11-28-19-21-20-18(27-19)14-5-4-6-16(10-14)22(24)25/h4-10H,3,11H2,1-2H3. The van der Waals surface area contributed by atoms with E-state index in [2.05, 4.69) is 10.2 Å². The molecule has 8 nitrogen and oxygen atoms in total. The molecule has 0 aliphatic rings. The molecule has 0 N–H and O–H groups in total. The van der Waals surface area contributed by atoms with Crippen LogP contribution >= 0.6 is 11.8 Å². The molecule has 3 aromatic rings. The van der Waals surface area contributed by atoms with Gasteiger partial charge in [-0.3, -0.25) is 14.9 Å². The van der Waals surface area contributed by atoms with Crippen LogP contribution in [0.25, 0.3) is 11.5 Å². The van der Waals surface area contributed by atoms with Gasteiger partial charge in [0.2, 0.25) is 5.89 Å². The van der Waals surface area contributed by atoms with Crippen molar-refractivity contribution >= 4 is 23.2 Å². The zero-order valence-corrected chi connectivity index (χ0v) is 16.1. The summed E-state index contributed by atoms with van der Waals surface area (Å²) >= 11 is 1.29. The fourth-order valence-electron chi connectivity index (χ4n) is 2.48. The fraction of sp³-hybridized carbons (Fsp3) is 0.211. The first-order valence-electron chi connectivity index (χ1n) is 8.45. The molecule has 0 saturated carbocycles. The summed E-state index contributed by atoms with van der Waals surface area (Å²) in [6, 6.07) is 11.3. The van der Waals surface area contributed by atoms with Crippen LogP contribution in [0, 0.1) is 10.1 Å². The number of aromatic nitrogens is 2. The van der Waals surface area contributed by atoms with E-state index in [9.17, 15) is 14.9 Å². The lowest BCUT2D eigenvalue weighted by molar-refractivity contribution is -0.384. The largest absolute Gasteiger partial charge is 0.494 e. The number of Topliss-reactive ketones (excluding diaryl/α,β-unsaturated/α-hetero) is 1. The second-order valence-electron chi connectivity index (χ2n) is 5.78. The van der Waals surface area contributed by atoms with Crippen LogP contribution in [0.5, 0.6) is 5.75 Å². The van der Waals surface area contributed by atoms with Gasteiger partial charge in [-0.05, 0) is 38.1 Å². The summed E-state index contributed by atoms with van der Waals surface area (Å²) in [7, 11) is 0. The molecule has 1 heterocycles. The number of thioether (sulfide) groups is 1. The quantitative estimate of drug-likeness (QED) is 0.235.